The van der Waals surface area contributed by atoms with Crippen LogP contribution < -0.4 is 5.73 Å². The zero-order valence-corrected chi connectivity index (χ0v) is 9.53. The second-order valence-corrected chi connectivity index (χ2v) is 5.26. The molecule has 86 valence electrons. The molecule has 1 saturated heterocycles. The Morgan fingerprint density at radius 2 is 2.27 bits per heavy atom. The van der Waals surface area contributed by atoms with Crippen molar-refractivity contribution in [3.05, 3.63) is 0 Å². The molecule has 0 bridgehead atoms. The summed E-state index contributed by atoms with van der Waals surface area (Å²) in [5.41, 5.74) is 5.76. The van der Waals surface area contributed by atoms with Crippen molar-refractivity contribution in [2.24, 2.45) is 17.1 Å². The van der Waals surface area contributed by atoms with Crippen molar-refractivity contribution in [2.75, 3.05) is 26.2 Å². The van der Waals surface area contributed by atoms with E-state index in [0.29, 0.717) is 25.6 Å². The van der Waals surface area contributed by atoms with Gasteiger partial charge in [-0.3, -0.25) is 4.79 Å². The van der Waals surface area contributed by atoms with Gasteiger partial charge in [0.1, 0.15) is 0 Å². The van der Waals surface area contributed by atoms with Gasteiger partial charge in [-0.15, -0.1) is 0 Å². The Morgan fingerprint density at radius 3 is 2.80 bits per heavy atom. The Morgan fingerprint density at radius 1 is 1.60 bits per heavy atom. The van der Waals surface area contributed by atoms with E-state index in [1.54, 1.807) is 0 Å². The van der Waals surface area contributed by atoms with E-state index in [1.165, 1.54) is 0 Å². The lowest BCUT2D eigenvalue weighted by Crippen LogP contribution is -2.49. The summed E-state index contributed by atoms with van der Waals surface area (Å²) in [6.07, 6.45) is 1.06. The summed E-state index contributed by atoms with van der Waals surface area (Å²) in [7, 11) is 0. The topological polar surface area (TPSA) is 55.6 Å². The van der Waals surface area contributed by atoms with Gasteiger partial charge in [-0.25, -0.2) is 0 Å². The number of amides is 1. The molecule has 4 nitrogen and oxygen atoms in total. The third-order valence-electron chi connectivity index (χ3n) is 3.52. The second kappa shape index (κ2) is 3.76. The van der Waals surface area contributed by atoms with Crippen molar-refractivity contribution in [3.63, 3.8) is 0 Å². The molecule has 2 aliphatic rings. The highest BCUT2D eigenvalue weighted by Crippen LogP contribution is 2.52. The molecule has 0 aromatic heterocycles. The maximum atomic E-state index is 12.1. The van der Waals surface area contributed by atoms with Gasteiger partial charge in [0.15, 0.2) is 0 Å². The van der Waals surface area contributed by atoms with Gasteiger partial charge in [0.2, 0.25) is 5.91 Å². The van der Waals surface area contributed by atoms with Gasteiger partial charge in [0.05, 0.1) is 12.7 Å². The van der Waals surface area contributed by atoms with Gasteiger partial charge >= 0.3 is 0 Å². The number of ether oxygens (including phenoxy) is 1. The zero-order chi connectivity index (χ0) is 11.1. The minimum atomic E-state index is 0.0320. The van der Waals surface area contributed by atoms with Crippen LogP contribution in [0.5, 0.6) is 0 Å². The summed E-state index contributed by atoms with van der Waals surface area (Å²) in [5.74, 6) is 0.524. The molecule has 1 heterocycles. The predicted molar refractivity (Wildman–Crippen MR) is 57.3 cm³/mol. The highest BCUT2D eigenvalue weighted by Gasteiger charge is 2.52. The summed E-state index contributed by atoms with van der Waals surface area (Å²) in [4.78, 5) is 14.0. The molecule has 2 unspecified atom stereocenters. The van der Waals surface area contributed by atoms with E-state index in [0.717, 1.165) is 13.0 Å². The Kier molecular flexibility index (Phi) is 2.73. The molecule has 2 rings (SSSR count). The molecule has 1 aliphatic heterocycles. The normalized spacial score (nSPS) is 33.9. The van der Waals surface area contributed by atoms with Crippen LogP contribution in [-0.4, -0.2) is 43.2 Å². The van der Waals surface area contributed by atoms with Crippen molar-refractivity contribution >= 4 is 5.91 Å². The fraction of sp³-hybridized carbons (Fsp3) is 0.909. The number of hydrogen-bond acceptors (Lipinski definition) is 3. The first-order chi connectivity index (χ1) is 7.04. The minimum Gasteiger partial charge on any atom is -0.373 e. The van der Waals surface area contributed by atoms with Crippen molar-refractivity contribution in [1.29, 1.82) is 0 Å². The second-order valence-electron chi connectivity index (χ2n) is 5.26. The van der Waals surface area contributed by atoms with Gasteiger partial charge in [0, 0.05) is 25.6 Å². The van der Waals surface area contributed by atoms with Gasteiger partial charge < -0.3 is 15.4 Å². The summed E-state index contributed by atoms with van der Waals surface area (Å²) >= 11 is 0. The van der Waals surface area contributed by atoms with Crippen molar-refractivity contribution in [2.45, 2.75) is 26.4 Å². The molecule has 0 aromatic carbocycles. The van der Waals surface area contributed by atoms with E-state index in [4.69, 9.17) is 10.5 Å². The maximum absolute atomic E-state index is 12.1. The first-order valence-corrected chi connectivity index (χ1v) is 5.65. The molecule has 0 spiro atoms. The highest BCUT2D eigenvalue weighted by molar-refractivity contribution is 5.82. The molecule has 2 atom stereocenters. The van der Waals surface area contributed by atoms with Crippen LogP contribution in [0, 0.1) is 11.3 Å². The van der Waals surface area contributed by atoms with Gasteiger partial charge in [0.25, 0.3) is 0 Å². The Labute approximate surface area is 90.8 Å². The van der Waals surface area contributed by atoms with E-state index in [-0.39, 0.29) is 17.4 Å². The van der Waals surface area contributed by atoms with E-state index in [2.05, 4.69) is 13.8 Å². The summed E-state index contributed by atoms with van der Waals surface area (Å²) in [5, 5.41) is 0. The third-order valence-corrected chi connectivity index (χ3v) is 3.52. The number of nitrogens with zero attached hydrogens (tertiary/aromatic N) is 1. The number of carbonyl (C=O) groups excluding carboxylic acids is 1. The van der Waals surface area contributed by atoms with Crippen LogP contribution in [0.25, 0.3) is 0 Å². The lowest BCUT2D eigenvalue weighted by molar-refractivity contribution is -0.140. The van der Waals surface area contributed by atoms with E-state index >= 15 is 0 Å². The minimum absolute atomic E-state index is 0.0320. The molecular formula is C11H20N2O2. The monoisotopic (exact) mass is 212 g/mol. The SMILES string of the molecule is CC1(C)CC1C(=O)N1CCOC(CN)C1. The van der Waals surface area contributed by atoms with Crippen LogP contribution in [0.4, 0.5) is 0 Å². The Hall–Kier alpha value is -0.610. The van der Waals surface area contributed by atoms with E-state index in [1.807, 2.05) is 4.90 Å². The number of rotatable bonds is 2. The molecule has 1 amide bonds. The summed E-state index contributed by atoms with van der Waals surface area (Å²) in [6, 6.07) is 0. The molecule has 2 N–H and O–H groups in total. The molecule has 4 heteroatoms. The standard InChI is InChI=1S/C11H20N2O2/c1-11(2)5-9(11)10(14)13-3-4-15-8(6-12)7-13/h8-9H,3-7,12H2,1-2H3. The lowest BCUT2D eigenvalue weighted by atomic mass is 10.1. The molecule has 0 radical (unpaired) electrons. The molecule has 1 aliphatic carbocycles. The average molecular weight is 212 g/mol. The number of morpholine rings is 1. The zero-order valence-electron chi connectivity index (χ0n) is 9.53. The largest absolute Gasteiger partial charge is 0.373 e. The molecule has 2 fully saturated rings. The third kappa shape index (κ3) is 2.16. The Balaban J connectivity index is 1.91. The number of hydrogen-bond donors (Lipinski definition) is 1. The average Bonchev–Trinajstić information content (AvgIpc) is 2.87. The first-order valence-electron chi connectivity index (χ1n) is 5.65. The molecular weight excluding hydrogens is 192 g/mol. The summed E-state index contributed by atoms with van der Waals surface area (Å²) < 4.78 is 5.44. The van der Waals surface area contributed by atoms with Crippen LogP contribution in [0.1, 0.15) is 20.3 Å². The van der Waals surface area contributed by atoms with Crippen LogP contribution in [0.3, 0.4) is 0 Å². The first kappa shape index (κ1) is 10.9. The maximum Gasteiger partial charge on any atom is 0.226 e. The van der Waals surface area contributed by atoms with E-state index < -0.39 is 0 Å². The number of carbonyl (C=O) groups is 1. The van der Waals surface area contributed by atoms with Crippen molar-refractivity contribution in [1.82, 2.24) is 4.90 Å². The molecule has 1 saturated carbocycles. The summed E-state index contributed by atoms with van der Waals surface area (Å²) in [6.45, 7) is 6.81. The highest BCUT2D eigenvalue weighted by atomic mass is 16.5. The van der Waals surface area contributed by atoms with Crippen LogP contribution in [-0.2, 0) is 9.53 Å². The lowest BCUT2D eigenvalue weighted by Gasteiger charge is -2.32. The van der Waals surface area contributed by atoms with Gasteiger partial charge in [-0.05, 0) is 11.8 Å². The molecule has 0 aromatic rings. The van der Waals surface area contributed by atoms with Crippen LogP contribution in [0.2, 0.25) is 0 Å². The van der Waals surface area contributed by atoms with E-state index in [9.17, 15) is 4.79 Å². The van der Waals surface area contributed by atoms with Crippen molar-refractivity contribution in [3.8, 4) is 0 Å². The van der Waals surface area contributed by atoms with Gasteiger partial charge in [-0.2, -0.15) is 0 Å². The molecule has 15 heavy (non-hydrogen) atoms. The van der Waals surface area contributed by atoms with Crippen LogP contribution in [0.15, 0.2) is 0 Å². The fourth-order valence-electron chi connectivity index (χ4n) is 2.17. The predicted octanol–water partition coefficient (Wildman–Crippen LogP) is 0.219. The van der Waals surface area contributed by atoms with Crippen LogP contribution >= 0.6 is 0 Å². The quantitative estimate of drug-likeness (QED) is 0.712. The van der Waals surface area contributed by atoms with Crippen molar-refractivity contribution < 1.29 is 9.53 Å². The smallest absolute Gasteiger partial charge is 0.226 e. The number of nitrogens with two attached hydrogens (primary N) is 1. The fourth-order valence-corrected chi connectivity index (χ4v) is 2.17. The Bertz CT molecular complexity index is 265. The van der Waals surface area contributed by atoms with Gasteiger partial charge in [-0.1, -0.05) is 13.8 Å².